The molecule has 0 radical (unpaired) electrons. The van der Waals surface area contributed by atoms with Gasteiger partial charge in [0.15, 0.2) is 0 Å². The first-order chi connectivity index (χ1) is 9.05. The third-order valence-corrected chi connectivity index (χ3v) is 4.05. The largest absolute Gasteiger partial charge is 0.390 e. The summed E-state index contributed by atoms with van der Waals surface area (Å²) in [5.41, 5.74) is 0.235. The molecule has 1 fully saturated rings. The van der Waals surface area contributed by atoms with E-state index >= 15 is 0 Å². The van der Waals surface area contributed by atoms with Crippen LogP contribution < -0.4 is 4.90 Å². The Morgan fingerprint density at radius 3 is 3.05 bits per heavy atom. The summed E-state index contributed by atoms with van der Waals surface area (Å²) in [6.45, 7) is 5.63. The van der Waals surface area contributed by atoms with Gasteiger partial charge in [-0.05, 0) is 32.8 Å². The highest BCUT2D eigenvalue weighted by Gasteiger charge is 2.32. The van der Waals surface area contributed by atoms with Gasteiger partial charge in [0.2, 0.25) is 0 Å². The number of fused-ring (bicyclic) bond motifs is 1. The molecule has 3 rings (SSSR count). The lowest BCUT2D eigenvalue weighted by molar-refractivity contribution is 0.0110. The van der Waals surface area contributed by atoms with E-state index in [0.717, 1.165) is 42.8 Å². The average Bonchev–Trinajstić information content (AvgIpc) is 2.86. The maximum Gasteiger partial charge on any atom is 0.142 e. The van der Waals surface area contributed by atoms with Crippen molar-refractivity contribution in [1.82, 2.24) is 15.0 Å². The van der Waals surface area contributed by atoms with Crippen LogP contribution in [0.4, 0.5) is 5.82 Å². The van der Waals surface area contributed by atoms with Crippen LogP contribution in [0.15, 0.2) is 18.6 Å². The highest BCUT2D eigenvalue weighted by atomic mass is 16.3. The van der Waals surface area contributed by atoms with E-state index in [1.54, 1.807) is 6.33 Å². The van der Waals surface area contributed by atoms with E-state index in [0.29, 0.717) is 0 Å². The molecular weight excluding hydrogens is 240 g/mol. The molecule has 5 nitrogen and oxygen atoms in total. The molecule has 0 bridgehead atoms. The van der Waals surface area contributed by atoms with Crippen molar-refractivity contribution in [2.45, 2.75) is 32.3 Å². The minimum absolute atomic E-state index is 0.283. The van der Waals surface area contributed by atoms with Gasteiger partial charge in [-0.1, -0.05) is 0 Å². The molecule has 0 amide bonds. The molecule has 1 aliphatic rings. The van der Waals surface area contributed by atoms with Crippen LogP contribution in [0.2, 0.25) is 0 Å². The molecule has 2 N–H and O–H groups in total. The maximum atomic E-state index is 10.2. The first kappa shape index (κ1) is 12.4. The van der Waals surface area contributed by atoms with Gasteiger partial charge < -0.3 is 15.0 Å². The van der Waals surface area contributed by atoms with Gasteiger partial charge in [-0.2, -0.15) is 0 Å². The van der Waals surface area contributed by atoms with Crippen molar-refractivity contribution in [1.29, 1.82) is 0 Å². The van der Waals surface area contributed by atoms with Crippen molar-refractivity contribution in [3.05, 3.63) is 18.6 Å². The quantitative estimate of drug-likeness (QED) is 0.866. The maximum absolute atomic E-state index is 10.2. The van der Waals surface area contributed by atoms with E-state index in [9.17, 15) is 5.11 Å². The van der Waals surface area contributed by atoms with Gasteiger partial charge in [0.25, 0.3) is 0 Å². The highest BCUT2D eigenvalue weighted by molar-refractivity contribution is 5.87. The lowest BCUT2D eigenvalue weighted by Crippen LogP contribution is -2.45. The first-order valence-electron chi connectivity index (χ1n) is 6.81. The topological polar surface area (TPSA) is 65.0 Å². The van der Waals surface area contributed by atoms with E-state index in [-0.39, 0.29) is 5.92 Å². The summed E-state index contributed by atoms with van der Waals surface area (Å²) in [4.78, 5) is 14.0. The van der Waals surface area contributed by atoms with Crippen molar-refractivity contribution in [3.63, 3.8) is 0 Å². The predicted octanol–water partition coefficient (Wildman–Crippen LogP) is 1.95. The summed E-state index contributed by atoms with van der Waals surface area (Å²) in [5.74, 6) is 1.26. The Morgan fingerprint density at radius 1 is 1.42 bits per heavy atom. The number of aromatic amines is 1. The zero-order valence-corrected chi connectivity index (χ0v) is 11.4. The molecular formula is C14H20N4O. The molecule has 3 heterocycles. The molecule has 5 heteroatoms. The van der Waals surface area contributed by atoms with Gasteiger partial charge in [0, 0.05) is 25.2 Å². The summed E-state index contributed by atoms with van der Waals surface area (Å²) in [6, 6.07) is 2.01. The van der Waals surface area contributed by atoms with E-state index in [1.807, 2.05) is 26.1 Å². The molecule has 1 unspecified atom stereocenters. The summed E-state index contributed by atoms with van der Waals surface area (Å²) in [5, 5.41) is 11.3. The second kappa shape index (κ2) is 4.49. The Balaban J connectivity index is 1.91. The van der Waals surface area contributed by atoms with Crippen molar-refractivity contribution in [3.8, 4) is 0 Å². The standard InChI is InChI=1S/C14H20N4O/c1-14(2,19)10-4-3-7-18(8-10)13-11-5-6-15-12(11)16-9-17-13/h5-6,9-10,19H,3-4,7-8H2,1-2H3,(H,15,16,17). The predicted molar refractivity (Wildman–Crippen MR) is 75.1 cm³/mol. The van der Waals surface area contributed by atoms with Gasteiger partial charge in [0.05, 0.1) is 11.0 Å². The fourth-order valence-electron chi connectivity index (χ4n) is 2.86. The number of piperidine rings is 1. The number of anilines is 1. The molecule has 0 aliphatic carbocycles. The van der Waals surface area contributed by atoms with Crippen LogP contribution in [-0.4, -0.2) is 38.7 Å². The summed E-state index contributed by atoms with van der Waals surface area (Å²) < 4.78 is 0. The van der Waals surface area contributed by atoms with E-state index in [4.69, 9.17) is 0 Å². The lowest BCUT2D eigenvalue weighted by Gasteiger charge is -2.39. The van der Waals surface area contributed by atoms with Crippen LogP contribution in [0.5, 0.6) is 0 Å². The fourth-order valence-corrected chi connectivity index (χ4v) is 2.86. The molecule has 102 valence electrons. The number of rotatable bonds is 2. The smallest absolute Gasteiger partial charge is 0.142 e. The van der Waals surface area contributed by atoms with Crippen molar-refractivity contribution >= 4 is 16.9 Å². The first-order valence-corrected chi connectivity index (χ1v) is 6.81. The number of hydrogen-bond donors (Lipinski definition) is 2. The molecule has 1 atom stereocenters. The number of nitrogens with one attached hydrogen (secondary N) is 1. The zero-order valence-electron chi connectivity index (χ0n) is 11.4. The highest BCUT2D eigenvalue weighted by Crippen LogP contribution is 2.31. The fraction of sp³-hybridized carbons (Fsp3) is 0.571. The molecule has 2 aromatic heterocycles. The molecule has 1 saturated heterocycles. The Labute approximate surface area is 112 Å². The van der Waals surface area contributed by atoms with Crippen molar-refractivity contribution in [2.24, 2.45) is 5.92 Å². The average molecular weight is 260 g/mol. The summed E-state index contributed by atoms with van der Waals surface area (Å²) in [6.07, 6.45) is 5.65. The number of hydrogen-bond acceptors (Lipinski definition) is 4. The number of aliphatic hydroxyl groups is 1. The van der Waals surface area contributed by atoms with Gasteiger partial charge in [-0.15, -0.1) is 0 Å². The van der Waals surface area contributed by atoms with Crippen LogP contribution in [0.25, 0.3) is 11.0 Å². The van der Waals surface area contributed by atoms with E-state index in [1.165, 1.54) is 0 Å². The molecule has 1 aliphatic heterocycles. The number of nitrogens with zero attached hydrogens (tertiary/aromatic N) is 3. The Bertz CT molecular complexity index is 572. The lowest BCUT2D eigenvalue weighted by atomic mass is 9.84. The molecule has 0 saturated carbocycles. The third kappa shape index (κ3) is 2.30. The van der Waals surface area contributed by atoms with Gasteiger partial charge in [-0.3, -0.25) is 0 Å². The number of aromatic nitrogens is 3. The summed E-state index contributed by atoms with van der Waals surface area (Å²) >= 11 is 0. The molecule has 19 heavy (non-hydrogen) atoms. The number of H-pyrrole nitrogens is 1. The summed E-state index contributed by atoms with van der Waals surface area (Å²) in [7, 11) is 0. The minimum atomic E-state index is -0.636. The van der Waals surface area contributed by atoms with Crippen LogP contribution >= 0.6 is 0 Å². The van der Waals surface area contributed by atoms with Gasteiger partial charge >= 0.3 is 0 Å². The zero-order chi connectivity index (χ0) is 13.5. The van der Waals surface area contributed by atoms with E-state index in [2.05, 4.69) is 19.9 Å². The molecule has 2 aromatic rings. The Morgan fingerprint density at radius 2 is 2.26 bits per heavy atom. The Hall–Kier alpha value is -1.62. The second-order valence-electron chi connectivity index (χ2n) is 5.88. The monoisotopic (exact) mass is 260 g/mol. The van der Waals surface area contributed by atoms with Crippen LogP contribution in [0.3, 0.4) is 0 Å². The second-order valence-corrected chi connectivity index (χ2v) is 5.88. The minimum Gasteiger partial charge on any atom is -0.390 e. The molecule has 0 spiro atoms. The normalized spacial score (nSPS) is 21.0. The van der Waals surface area contributed by atoms with Crippen LogP contribution in [-0.2, 0) is 0 Å². The Kier molecular flexibility index (Phi) is 2.93. The van der Waals surface area contributed by atoms with Crippen LogP contribution in [0.1, 0.15) is 26.7 Å². The molecule has 0 aromatic carbocycles. The van der Waals surface area contributed by atoms with Gasteiger partial charge in [-0.25, -0.2) is 9.97 Å². The van der Waals surface area contributed by atoms with Crippen LogP contribution in [0, 0.1) is 5.92 Å². The van der Waals surface area contributed by atoms with Crippen molar-refractivity contribution < 1.29 is 5.11 Å². The van der Waals surface area contributed by atoms with E-state index < -0.39 is 5.60 Å². The van der Waals surface area contributed by atoms with Crippen molar-refractivity contribution in [2.75, 3.05) is 18.0 Å². The SMILES string of the molecule is CC(C)(O)C1CCCN(c2ncnc3[nH]ccc23)C1. The third-order valence-electron chi connectivity index (χ3n) is 4.05. The van der Waals surface area contributed by atoms with Gasteiger partial charge in [0.1, 0.15) is 17.8 Å².